The summed E-state index contributed by atoms with van der Waals surface area (Å²) in [6.07, 6.45) is 30.7. The van der Waals surface area contributed by atoms with Crippen LogP contribution in [0.15, 0.2) is 60.8 Å². The van der Waals surface area contributed by atoms with Crippen LogP contribution in [0.4, 0.5) is 0 Å². The molecule has 134 valence electrons. The smallest absolute Gasteiger partial charge is 0.305 e. The predicted molar refractivity (Wildman–Crippen MR) is 105 cm³/mol. The summed E-state index contributed by atoms with van der Waals surface area (Å²) in [5, 5.41) is 0. The van der Waals surface area contributed by atoms with Crippen molar-refractivity contribution in [1.82, 2.24) is 0 Å². The van der Waals surface area contributed by atoms with Gasteiger partial charge in [-0.2, -0.15) is 0 Å². The first-order valence-corrected chi connectivity index (χ1v) is 9.13. The molecule has 0 radical (unpaired) electrons. The van der Waals surface area contributed by atoms with Crippen LogP contribution in [0.2, 0.25) is 0 Å². The van der Waals surface area contributed by atoms with Gasteiger partial charge in [-0.05, 0) is 51.4 Å². The summed E-state index contributed by atoms with van der Waals surface area (Å²) < 4.78 is 4.60. The highest BCUT2D eigenvalue weighted by molar-refractivity contribution is 5.69. The van der Waals surface area contributed by atoms with E-state index in [0.29, 0.717) is 6.42 Å². The zero-order valence-corrected chi connectivity index (χ0v) is 15.5. The summed E-state index contributed by atoms with van der Waals surface area (Å²) in [4.78, 5) is 10.9. The van der Waals surface area contributed by atoms with Gasteiger partial charge >= 0.3 is 5.97 Å². The minimum Gasteiger partial charge on any atom is -0.469 e. The van der Waals surface area contributed by atoms with Crippen molar-refractivity contribution in [3.05, 3.63) is 60.8 Å². The van der Waals surface area contributed by atoms with Crippen molar-refractivity contribution in [2.24, 2.45) is 0 Å². The van der Waals surface area contributed by atoms with Crippen LogP contribution in [0, 0.1) is 0 Å². The minimum atomic E-state index is -0.122. The molecule has 0 saturated carbocycles. The van der Waals surface area contributed by atoms with Crippen molar-refractivity contribution in [1.29, 1.82) is 0 Å². The molecule has 0 aliphatic heterocycles. The Morgan fingerprint density at radius 3 is 1.71 bits per heavy atom. The van der Waals surface area contributed by atoms with Crippen molar-refractivity contribution in [2.45, 2.75) is 64.7 Å². The van der Waals surface area contributed by atoms with E-state index in [2.05, 4.69) is 72.4 Å². The number of unbranched alkanes of at least 4 members (excludes halogenated alkanes) is 2. The van der Waals surface area contributed by atoms with E-state index in [-0.39, 0.29) is 5.97 Å². The Morgan fingerprint density at radius 1 is 0.708 bits per heavy atom. The Morgan fingerprint density at radius 2 is 1.17 bits per heavy atom. The van der Waals surface area contributed by atoms with Crippen molar-refractivity contribution in [3.63, 3.8) is 0 Å². The van der Waals surface area contributed by atoms with Gasteiger partial charge in [-0.3, -0.25) is 4.79 Å². The van der Waals surface area contributed by atoms with Crippen molar-refractivity contribution in [2.75, 3.05) is 7.11 Å². The van der Waals surface area contributed by atoms with Gasteiger partial charge in [0.2, 0.25) is 0 Å². The van der Waals surface area contributed by atoms with E-state index in [4.69, 9.17) is 0 Å². The molecule has 0 aliphatic carbocycles. The van der Waals surface area contributed by atoms with E-state index < -0.39 is 0 Å². The third kappa shape index (κ3) is 18.2. The molecule has 0 fully saturated rings. The lowest BCUT2D eigenvalue weighted by molar-refractivity contribution is -0.140. The van der Waals surface area contributed by atoms with Crippen LogP contribution >= 0.6 is 0 Å². The van der Waals surface area contributed by atoms with Crippen LogP contribution < -0.4 is 0 Å². The number of hydrogen-bond acceptors (Lipinski definition) is 2. The zero-order chi connectivity index (χ0) is 17.7. The van der Waals surface area contributed by atoms with Crippen molar-refractivity contribution in [3.8, 4) is 0 Å². The second-order valence-corrected chi connectivity index (χ2v) is 5.52. The van der Waals surface area contributed by atoms with Crippen molar-refractivity contribution >= 4 is 5.97 Å². The van der Waals surface area contributed by atoms with Gasteiger partial charge in [0, 0.05) is 6.42 Å². The van der Waals surface area contributed by atoms with Gasteiger partial charge in [0.1, 0.15) is 0 Å². The number of carbonyl (C=O) groups excluding carboxylic acids is 1. The van der Waals surface area contributed by atoms with E-state index in [9.17, 15) is 4.79 Å². The third-order valence-electron chi connectivity index (χ3n) is 3.36. The number of carbonyl (C=O) groups is 1. The van der Waals surface area contributed by atoms with Crippen LogP contribution in [0.3, 0.4) is 0 Å². The molecule has 0 rings (SSSR count). The zero-order valence-electron chi connectivity index (χ0n) is 15.5. The highest BCUT2D eigenvalue weighted by atomic mass is 16.5. The maximum Gasteiger partial charge on any atom is 0.305 e. The van der Waals surface area contributed by atoms with Gasteiger partial charge in [-0.15, -0.1) is 0 Å². The molecule has 0 unspecified atom stereocenters. The van der Waals surface area contributed by atoms with E-state index in [0.717, 1.165) is 51.4 Å². The summed E-state index contributed by atoms with van der Waals surface area (Å²) in [5.41, 5.74) is 0. The molecule has 0 N–H and O–H groups in total. The van der Waals surface area contributed by atoms with Crippen LogP contribution in [0.25, 0.3) is 0 Å². The number of rotatable bonds is 14. The number of esters is 1. The molecular weight excluding hydrogens is 296 g/mol. The predicted octanol–water partition coefficient (Wildman–Crippen LogP) is 6.47. The molecule has 2 heteroatoms. The minimum absolute atomic E-state index is 0.122. The highest BCUT2D eigenvalue weighted by Gasteiger charge is 1.96. The van der Waals surface area contributed by atoms with Gasteiger partial charge in [-0.1, -0.05) is 67.7 Å². The van der Waals surface area contributed by atoms with Crippen LogP contribution in [-0.2, 0) is 9.53 Å². The second kappa shape index (κ2) is 19.2. The molecule has 2 nitrogen and oxygen atoms in total. The average molecular weight is 331 g/mol. The van der Waals surface area contributed by atoms with Gasteiger partial charge in [0.25, 0.3) is 0 Å². The average Bonchev–Trinajstić information content (AvgIpc) is 2.60. The van der Waals surface area contributed by atoms with Gasteiger partial charge in [0.15, 0.2) is 0 Å². The lowest BCUT2D eigenvalue weighted by atomic mass is 10.2. The first kappa shape index (κ1) is 22.2. The molecule has 0 aliphatic rings. The molecule has 0 saturated heterocycles. The monoisotopic (exact) mass is 330 g/mol. The molecule has 0 spiro atoms. The second-order valence-electron chi connectivity index (χ2n) is 5.52. The molecule has 0 aromatic heterocycles. The normalized spacial score (nSPS) is 12.6. The topological polar surface area (TPSA) is 26.3 Å². The summed E-state index contributed by atoms with van der Waals surface area (Å²) in [5.74, 6) is -0.122. The fourth-order valence-corrected chi connectivity index (χ4v) is 1.99. The largest absolute Gasteiger partial charge is 0.469 e. The van der Waals surface area contributed by atoms with Crippen LogP contribution in [0.1, 0.15) is 64.7 Å². The number of hydrogen-bond donors (Lipinski definition) is 0. The lowest BCUT2D eigenvalue weighted by Gasteiger charge is -1.95. The Balaban J connectivity index is 3.44. The first-order chi connectivity index (χ1) is 11.8. The summed E-state index contributed by atoms with van der Waals surface area (Å²) in [6, 6.07) is 0. The summed E-state index contributed by atoms with van der Waals surface area (Å²) in [6.45, 7) is 2.15. The SMILES string of the molecule is CCC=CCC=CCC=CCC=CCCC=CCCCC(=O)OC. The van der Waals surface area contributed by atoms with E-state index in [1.165, 1.54) is 7.11 Å². The first-order valence-electron chi connectivity index (χ1n) is 9.13. The molecule has 0 heterocycles. The Bertz CT molecular complexity index is 425. The molecule has 0 atom stereocenters. The maximum absolute atomic E-state index is 10.9. The van der Waals surface area contributed by atoms with E-state index >= 15 is 0 Å². The quantitative estimate of drug-likeness (QED) is 0.207. The standard InChI is InChI=1S/C22H34O2/c1-3-4-5-6-7-8-9-10-11-12-13-14-15-16-17-18-19-20-21-22(23)24-2/h4-5,7-8,10-11,13-14,17-18H,3,6,9,12,15-16,19-21H2,1-2H3. The van der Waals surface area contributed by atoms with Gasteiger partial charge in [0.05, 0.1) is 7.11 Å². The highest BCUT2D eigenvalue weighted by Crippen LogP contribution is 2.01. The fraction of sp³-hybridized carbons (Fsp3) is 0.500. The molecule has 0 amide bonds. The van der Waals surface area contributed by atoms with Crippen LogP contribution in [-0.4, -0.2) is 13.1 Å². The molecule has 24 heavy (non-hydrogen) atoms. The van der Waals surface area contributed by atoms with Crippen molar-refractivity contribution < 1.29 is 9.53 Å². The fourth-order valence-electron chi connectivity index (χ4n) is 1.99. The molecular formula is C22H34O2. The number of allylic oxidation sites excluding steroid dienone is 10. The summed E-state index contributed by atoms with van der Waals surface area (Å²) in [7, 11) is 1.43. The van der Waals surface area contributed by atoms with Gasteiger partial charge in [-0.25, -0.2) is 0 Å². The molecule has 0 aromatic carbocycles. The van der Waals surface area contributed by atoms with E-state index in [1.54, 1.807) is 0 Å². The van der Waals surface area contributed by atoms with Crippen LogP contribution in [0.5, 0.6) is 0 Å². The lowest BCUT2D eigenvalue weighted by Crippen LogP contribution is -1.98. The molecule has 0 bridgehead atoms. The molecule has 0 aromatic rings. The Labute approximate surface area is 148 Å². The third-order valence-corrected chi connectivity index (χ3v) is 3.36. The number of methoxy groups -OCH3 is 1. The maximum atomic E-state index is 10.9. The van der Waals surface area contributed by atoms with E-state index in [1.807, 2.05) is 0 Å². The number of ether oxygens (including phenoxy) is 1. The Kier molecular flexibility index (Phi) is 17.8. The summed E-state index contributed by atoms with van der Waals surface area (Å²) >= 11 is 0. The Hall–Kier alpha value is -1.83. The van der Waals surface area contributed by atoms with Gasteiger partial charge < -0.3 is 4.74 Å².